The summed E-state index contributed by atoms with van der Waals surface area (Å²) in [5.41, 5.74) is 2.57. The molecule has 0 amide bonds. The van der Waals surface area contributed by atoms with Crippen molar-refractivity contribution in [3.05, 3.63) is 132 Å². The molecule has 0 aromatic heterocycles. The highest BCUT2D eigenvalue weighted by molar-refractivity contribution is 8.20. The number of Topliss-reactive ketones (excluding diaryl/α,β-unsaturated/α-hetero) is 1. The molecule has 0 spiro atoms. The van der Waals surface area contributed by atoms with Gasteiger partial charge >= 0.3 is 0 Å². The maximum absolute atomic E-state index is 13.7. The third-order valence-electron chi connectivity index (χ3n) is 5.81. The van der Waals surface area contributed by atoms with Crippen molar-refractivity contribution in [2.45, 2.75) is 11.8 Å². The Kier molecular flexibility index (Phi) is 7.23. The summed E-state index contributed by atoms with van der Waals surface area (Å²) in [6.07, 6.45) is 0.228. The molecule has 6 heteroatoms. The van der Waals surface area contributed by atoms with Crippen LogP contribution < -0.4 is 4.13 Å². The topological polar surface area (TPSA) is 58.4 Å². The van der Waals surface area contributed by atoms with E-state index in [4.69, 9.17) is 9.98 Å². The van der Waals surface area contributed by atoms with Gasteiger partial charge in [-0.1, -0.05) is 97.1 Å². The molecule has 0 radical (unpaired) electrons. The minimum absolute atomic E-state index is 0.0547. The predicted octanol–water partition coefficient (Wildman–Crippen LogP) is 6.53. The monoisotopic (exact) mass is 494 g/mol. The van der Waals surface area contributed by atoms with Crippen molar-refractivity contribution in [1.29, 1.82) is 0 Å². The van der Waals surface area contributed by atoms with Crippen LogP contribution in [0, 0.1) is 0 Å². The van der Waals surface area contributed by atoms with E-state index in [1.54, 1.807) is 23.9 Å². The second kappa shape index (κ2) is 10.9. The van der Waals surface area contributed by atoms with E-state index in [0.717, 1.165) is 27.0 Å². The van der Waals surface area contributed by atoms with Gasteiger partial charge in [0.1, 0.15) is 29.3 Å². The largest absolute Gasteiger partial charge is 0.294 e. The molecule has 172 valence electrons. The molecule has 1 fully saturated rings. The van der Waals surface area contributed by atoms with Crippen molar-refractivity contribution in [2.75, 3.05) is 0 Å². The minimum atomic E-state index is -0.816. The standard InChI is InChI=1S/C29H23N3OS2/c33-26(22-13-5-1-6-14-22)21-29(23-15-7-2-8-16-23)27(30-24-17-9-3-10-18-24)34-32-35-28(29)31-25-19-11-4-12-20-25/h1-20,32H,21H2/p+1. The Hall–Kier alpha value is -3.45. The van der Waals surface area contributed by atoms with Crippen molar-refractivity contribution in [2.24, 2.45) is 9.98 Å². The molecule has 2 N–H and O–H groups in total. The third kappa shape index (κ3) is 5.15. The first-order valence-corrected chi connectivity index (χ1v) is 13.1. The van der Waals surface area contributed by atoms with Crippen LogP contribution in [0.3, 0.4) is 0 Å². The van der Waals surface area contributed by atoms with Crippen LogP contribution in [0.4, 0.5) is 11.4 Å². The lowest BCUT2D eigenvalue weighted by molar-refractivity contribution is -0.263. The molecule has 1 aliphatic heterocycles. The van der Waals surface area contributed by atoms with Crippen LogP contribution >= 0.6 is 23.9 Å². The number of ketones is 1. The Balaban J connectivity index is 1.74. The number of carbonyl (C=O) groups is 1. The maximum Gasteiger partial charge on any atom is 0.164 e. The van der Waals surface area contributed by atoms with Crippen molar-refractivity contribution >= 4 is 51.1 Å². The lowest BCUT2D eigenvalue weighted by Gasteiger charge is -2.36. The second-order valence-electron chi connectivity index (χ2n) is 8.07. The number of benzene rings is 4. The number of rotatable bonds is 6. The van der Waals surface area contributed by atoms with Crippen molar-refractivity contribution < 1.29 is 8.92 Å². The highest BCUT2D eigenvalue weighted by Crippen LogP contribution is 2.42. The summed E-state index contributed by atoms with van der Waals surface area (Å²) in [6.45, 7) is 0. The fraction of sp³-hybridized carbons (Fsp3) is 0.0690. The van der Waals surface area contributed by atoms with Crippen LogP contribution in [-0.2, 0) is 5.41 Å². The lowest BCUT2D eigenvalue weighted by atomic mass is 9.76. The van der Waals surface area contributed by atoms with E-state index in [-0.39, 0.29) is 12.2 Å². The number of hydrogen-bond donors (Lipinski definition) is 1. The van der Waals surface area contributed by atoms with Gasteiger partial charge in [-0.2, -0.15) is 0 Å². The van der Waals surface area contributed by atoms with E-state index in [9.17, 15) is 4.79 Å². The molecule has 1 aliphatic rings. The third-order valence-corrected chi connectivity index (χ3v) is 7.91. The fourth-order valence-corrected chi connectivity index (χ4v) is 6.36. The Bertz CT molecular complexity index is 1280. The normalized spacial score (nSPS) is 20.1. The van der Waals surface area contributed by atoms with Crippen LogP contribution in [0.15, 0.2) is 131 Å². The van der Waals surface area contributed by atoms with Gasteiger partial charge in [0.2, 0.25) is 0 Å². The van der Waals surface area contributed by atoms with Gasteiger partial charge in [0.05, 0.1) is 11.4 Å². The highest BCUT2D eigenvalue weighted by atomic mass is 32.2. The number of hydrogen-bond acceptors (Lipinski definition) is 5. The molecule has 0 saturated carbocycles. The number of nitrogens with zero attached hydrogens (tertiary/aromatic N) is 2. The lowest BCUT2D eigenvalue weighted by Crippen LogP contribution is -2.74. The summed E-state index contributed by atoms with van der Waals surface area (Å²) in [7, 11) is 0. The molecule has 0 aliphatic carbocycles. The molecule has 5 rings (SSSR count). The Morgan fingerprint density at radius 2 is 1.06 bits per heavy atom. The number of carbonyl (C=O) groups excluding carboxylic acids is 1. The first-order valence-electron chi connectivity index (χ1n) is 11.3. The quantitative estimate of drug-likeness (QED) is 0.245. The number of para-hydroxylation sites is 2. The van der Waals surface area contributed by atoms with Crippen molar-refractivity contribution in [1.82, 2.24) is 0 Å². The summed E-state index contributed by atoms with van der Waals surface area (Å²) < 4.78 is 2.05. The van der Waals surface area contributed by atoms with Crippen molar-refractivity contribution in [3.63, 3.8) is 0 Å². The first-order chi connectivity index (χ1) is 17.3. The number of nitrogens with two attached hydrogens (primary N) is 1. The zero-order valence-corrected chi connectivity index (χ0v) is 20.6. The smallest absolute Gasteiger partial charge is 0.164 e. The van der Waals surface area contributed by atoms with Gasteiger partial charge in [0.15, 0.2) is 15.9 Å². The van der Waals surface area contributed by atoms with Crippen LogP contribution in [0.2, 0.25) is 0 Å². The van der Waals surface area contributed by atoms with Crippen molar-refractivity contribution in [3.8, 4) is 0 Å². The highest BCUT2D eigenvalue weighted by Gasteiger charge is 2.51. The zero-order chi connectivity index (χ0) is 23.9. The summed E-state index contributed by atoms with van der Waals surface area (Å²) in [4.78, 5) is 23.9. The molecule has 0 atom stereocenters. The number of aliphatic imine (C=N–C) groups is 2. The average Bonchev–Trinajstić information content (AvgIpc) is 2.92. The molecule has 0 bridgehead atoms. The second-order valence-corrected chi connectivity index (χ2v) is 10.1. The van der Waals surface area contributed by atoms with Gasteiger partial charge in [0, 0.05) is 12.0 Å². The molecule has 1 heterocycles. The summed E-state index contributed by atoms with van der Waals surface area (Å²) in [6, 6.07) is 39.4. The minimum Gasteiger partial charge on any atom is -0.294 e. The van der Waals surface area contributed by atoms with E-state index >= 15 is 0 Å². The Labute approximate surface area is 213 Å². The van der Waals surface area contributed by atoms with Gasteiger partial charge in [-0.15, -0.1) is 0 Å². The fourth-order valence-electron chi connectivity index (χ4n) is 4.08. The Morgan fingerprint density at radius 3 is 1.54 bits per heavy atom. The molecule has 4 aromatic carbocycles. The first kappa shape index (κ1) is 23.3. The molecule has 4 aromatic rings. The summed E-state index contributed by atoms with van der Waals surface area (Å²) >= 11 is 3.13. The van der Waals surface area contributed by atoms with E-state index in [1.165, 1.54) is 0 Å². The molecular formula is C29H24N3OS2+. The zero-order valence-electron chi connectivity index (χ0n) is 19.0. The molecule has 35 heavy (non-hydrogen) atoms. The van der Waals surface area contributed by atoms with E-state index in [2.05, 4.69) is 16.3 Å². The summed E-state index contributed by atoms with van der Waals surface area (Å²) in [5.74, 6) is 0.0547. The average molecular weight is 495 g/mol. The predicted molar refractivity (Wildman–Crippen MR) is 148 cm³/mol. The van der Waals surface area contributed by atoms with Crippen LogP contribution in [0.5, 0.6) is 0 Å². The van der Waals surface area contributed by atoms with Gasteiger partial charge in [-0.25, -0.2) is 14.1 Å². The van der Waals surface area contributed by atoms with Crippen LogP contribution in [-0.4, -0.2) is 15.9 Å². The summed E-state index contributed by atoms with van der Waals surface area (Å²) in [5, 5.41) is 1.68. The van der Waals surface area contributed by atoms with Gasteiger partial charge < -0.3 is 0 Å². The van der Waals surface area contributed by atoms with Crippen LogP contribution in [0.1, 0.15) is 22.3 Å². The van der Waals surface area contributed by atoms with E-state index in [1.807, 2.05) is 109 Å². The van der Waals surface area contributed by atoms with Crippen LogP contribution in [0.25, 0.3) is 0 Å². The van der Waals surface area contributed by atoms with E-state index < -0.39 is 5.41 Å². The van der Waals surface area contributed by atoms with Gasteiger partial charge in [-0.3, -0.25) is 4.79 Å². The molecule has 4 nitrogen and oxygen atoms in total. The Morgan fingerprint density at radius 1 is 0.629 bits per heavy atom. The molecule has 0 unspecified atom stereocenters. The maximum atomic E-state index is 13.7. The van der Waals surface area contributed by atoms with Gasteiger partial charge in [-0.05, 0) is 29.8 Å². The SMILES string of the molecule is O=C(CC1(c2ccccc2)C(=Nc2ccccc2)S[NH2+]SC1=Nc1ccccc1)c1ccccc1. The number of quaternary nitrogens is 1. The van der Waals surface area contributed by atoms with E-state index in [0.29, 0.717) is 5.56 Å². The molecular weight excluding hydrogens is 470 g/mol. The molecule has 1 saturated heterocycles. The van der Waals surface area contributed by atoms with Gasteiger partial charge in [0.25, 0.3) is 0 Å².